The van der Waals surface area contributed by atoms with Gasteiger partial charge >= 0.3 is 0 Å². The normalized spacial score (nSPS) is 10.1. The second-order valence-electron chi connectivity index (χ2n) is 2.17. The Labute approximate surface area is 93.6 Å². The molecule has 3 heteroatoms. The van der Waals surface area contributed by atoms with Crippen LogP contribution in [0.5, 0.6) is 0 Å². The molecule has 0 amide bonds. The van der Waals surface area contributed by atoms with Crippen LogP contribution >= 0.6 is 50.1 Å². The summed E-state index contributed by atoms with van der Waals surface area (Å²) in [5, 5.41) is 1.82. The standard InChI is InChI=1S/C8H7BrClI/c9-4-3-6-1-2-7(10)5-8(6)11/h1-2,5H,3-4H2. The van der Waals surface area contributed by atoms with Crippen LogP contribution in [0.25, 0.3) is 0 Å². The van der Waals surface area contributed by atoms with Crippen molar-refractivity contribution in [3.8, 4) is 0 Å². The third-order valence-electron chi connectivity index (χ3n) is 1.38. The lowest BCUT2D eigenvalue weighted by atomic mass is 10.2. The van der Waals surface area contributed by atoms with Crippen LogP contribution in [0.1, 0.15) is 5.56 Å². The second-order valence-corrected chi connectivity index (χ2v) is 4.57. The molecular formula is C8H7BrClI. The molecule has 0 N–H and O–H groups in total. The van der Waals surface area contributed by atoms with Crippen molar-refractivity contribution >= 4 is 50.1 Å². The topological polar surface area (TPSA) is 0 Å². The van der Waals surface area contributed by atoms with E-state index in [1.807, 2.05) is 12.1 Å². The van der Waals surface area contributed by atoms with Crippen LogP contribution in [0.2, 0.25) is 5.02 Å². The first-order chi connectivity index (χ1) is 5.24. The van der Waals surface area contributed by atoms with Gasteiger partial charge in [0.05, 0.1) is 0 Å². The van der Waals surface area contributed by atoms with Gasteiger partial charge in [0.1, 0.15) is 0 Å². The van der Waals surface area contributed by atoms with Crippen LogP contribution < -0.4 is 0 Å². The molecule has 0 saturated carbocycles. The Morgan fingerprint density at radius 2 is 2.18 bits per heavy atom. The Hall–Kier alpha value is 0.720. The van der Waals surface area contributed by atoms with Crippen LogP contribution in [0.4, 0.5) is 0 Å². The number of benzene rings is 1. The summed E-state index contributed by atoms with van der Waals surface area (Å²) in [5.41, 5.74) is 1.35. The van der Waals surface area contributed by atoms with E-state index in [2.05, 4.69) is 44.6 Å². The molecule has 0 aliphatic heterocycles. The largest absolute Gasteiger partial charge is 0.0924 e. The molecule has 0 atom stereocenters. The van der Waals surface area contributed by atoms with Crippen molar-refractivity contribution in [2.75, 3.05) is 5.33 Å². The highest BCUT2D eigenvalue weighted by Crippen LogP contribution is 2.18. The number of halogens is 3. The Morgan fingerprint density at radius 3 is 2.73 bits per heavy atom. The highest BCUT2D eigenvalue weighted by molar-refractivity contribution is 14.1. The molecule has 60 valence electrons. The molecule has 0 aliphatic carbocycles. The zero-order valence-corrected chi connectivity index (χ0v) is 10.3. The maximum Gasteiger partial charge on any atom is 0.0416 e. The fourth-order valence-electron chi connectivity index (χ4n) is 0.826. The highest BCUT2D eigenvalue weighted by Gasteiger charge is 1.98. The number of rotatable bonds is 2. The zero-order valence-electron chi connectivity index (χ0n) is 5.78. The van der Waals surface area contributed by atoms with Gasteiger partial charge in [-0.1, -0.05) is 33.6 Å². The van der Waals surface area contributed by atoms with Gasteiger partial charge in [0, 0.05) is 13.9 Å². The van der Waals surface area contributed by atoms with Crippen molar-refractivity contribution in [3.63, 3.8) is 0 Å². The van der Waals surface area contributed by atoms with Gasteiger partial charge in [-0.05, 0) is 46.7 Å². The predicted molar refractivity (Wildman–Crippen MR) is 61.7 cm³/mol. The molecular weight excluding hydrogens is 338 g/mol. The number of hydrogen-bond acceptors (Lipinski definition) is 0. The van der Waals surface area contributed by atoms with E-state index < -0.39 is 0 Å². The van der Waals surface area contributed by atoms with Crippen molar-refractivity contribution in [1.29, 1.82) is 0 Å². The molecule has 0 aliphatic rings. The Morgan fingerprint density at radius 1 is 1.45 bits per heavy atom. The molecule has 11 heavy (non-hydrogen) atoms. The third-order valence-corrected chi connectivity index (χ3v) is 3.01. The second kappa shape index (κ2) is 4.67. The molecule has 1 aromatic carbocycles. The minimum Gasteiger partial charge on any atom is -0.0924 e. The van der Waals surface area contributed by atoms with E-state index >= 15 is 0 Å². The molecule has 0 aromatic heterocycles. The quantitative estimate of drug-likeness (QED) is 0.564. The molecule has 0 unspecified atom stereocenters. The van der Waals surface area contributed by atoms with Crippen molar-refractivity contribution in [1.82, 2.24) is 0 Å². The van der Waals surface area contributed by atoms with Crippen LogP contribution in [0.15, 0.2) is 18.2 Å². The summed E-state index contributed by atoms with van der Waals surface area (Å²) < 4.78 is 1.24. The summed E-state index contributed by atoms with van der Waals surface area (Å²) in [5.74, 6) is 0. The molecule has 0 fully saturated rings. The summed E-state index contributed by atoms with van der Waals surface area (Å²) in [4.78, 5) is 0. The van der Waals surface area contributed by atoms with Gasteiger partial charge in [-0.3, -0.25) is 0 Å². The number of aryl methyl sites for hydroxylation is 1. The summed E-state index contributed by atoms with van der Waals surface area (Å²) >= 11 is 11.5. The summed E-state index contributed by atoms with van der Waals surface area (Å²) in [6, 6.07) is 5.99. The van der Waals surface area contributed by atoms with Crippen molar-refractivity contribution in [3.05, 3.63) is 32.4 Å². The van der Waals surface area contributed by atoms with E-state index in [9.17, 15) is 0 Å². The van der Waals surface area contributed by atoms with E-state index in [-0.39, 0.29) is 0 Å². The van der Waals surface area contributed by atoms with Crippen LogP contribution in [0, 0.1) is 3.57 Å². The smallest absolute Gasteiger partial charge is 0.0416 e. The maximum absolute atomic E-state index is 5.80. The summed E-state index contributed by atoms with van der Waals surface area (Å²) in [7, 11) is 0. The Bertz CT molecular complexity index is 250. The van der Waals surface area contributed by atoms with E-state index in [0.29, 0.717) is 0 Å². The van der Waals surface area contributed by atoms with Gasteiger partial charge in [0.2, 0.25) is 0 Å². The van der Waals surface area contributed by atoms with Gasteiger partial charge in [-0.2, -0.15) is 0 Å². The molecule has 1 rings (SSSR count). The zero-order chi connectivity index (χ0) is 8.27. The molecule has 0 heterocycles. The molecule has 0 bridgehead atoms. The molecule has 0 radical (unpaired) electrons. The molecule has 0 saturated heterocycles. The summed E-state index contributed by atoms with van der Waals surface area (Å²) in [6.45, 7) is 0. The van der Waals surface area contributed by atoms with Gasteiger partial charge < -0.3 is 0 Å². The Balaban J connectivity index is 2.90. The summed E-state index contributed by atoms with van der Waals surface area (Å²) in [6.07, 6.45) is 1.06. The van der Waals surface area contributed by atoms with Crippen LogP contribution in [-0.4, -0.2) is 5.33 Å². The molecule has 1 aromatic rings. The first-order valence-corrected chi connectivity index (χ1v) is 5.81. The minimum absolute atomic E-state index is 0.813. The lowest BCUT2D eigenvalue weighted by molar-refractivity contribution is 1.15. The maximum atomic E-state index is 5.80. The molecule has 0 nitrogen and oxygen atoms in total. The first-order valence-electron chi connectivity index (χ1n) is 3.24. The van der Waals surface area contributed by atoms with Gasteiger partial charge in [0.25, 0.3) is 0 Å². The SMILES string of the molecule is Clc1ccc(CCBr)c(I)c1. The van der Waals surface area contributed by atoms with Gasteiger partial charge in [-0.15, -0.1) is 0 Å². The van der Waals surface area contributed by atoms with Crippen molar-refractivity contribution < 1.29 is 0 Å². The predicted octanol–water partition coefficient (Wildman–Crippen LogP) is 3.88. The number of alkyl halides is 1. The minimum atomic E-state index is 0.813. The monoisotopic (exact) mass is 344 g/mol. The number of hydrogen-bond donors (Lipinski definition) is 0. The lowest BCUT2D eigenvalue weighted by Gasteiger charge is -2.01. The Kier molecular flexibility index (Phi) is 4.17. The highest BCUT2D eigenvalue weighted by atomic mass is 127. The average Bonchev–Trinajstić information content (AvgIpc) is 1.95. The van der Waals surface area contributed by atoms with Gasteiger partial charge in [0.15, 0.2) is 0 Å². The van der Waals surface area contributed by atoms with Gasteiger partial charge in [-0.25, -0.2) is 0 Å². The van der Waals surface area contributed by atoms with E-state index in [1.165, 1.54) is 9.13 Å². The van der Waals surface area contributed by atoms with E-state index in [1.54, 1.807) is 0 Å². The van der Waals surface area contributed by atoms with Crippen molar-refractivity contribution in [2.24, 2.45) is 0 Å². The van der Waals surface area contributed by atoms with Crippen molar-refractivity contribution in [2.45, 2.75) is 6.42 Å². The fourth-order valence-corrected chi connectivity index (χ4v) is 2.39. The fraction of sp³-hybridized carbons (Fsp3) is 0.250. The van der Waals surface area contributed by atoms with Crippen LogP contribution in [-0.2, 0) is 6.42 Å². The lowest BCUT2D eigenvalue weighted by Crippen LogP contribution is -1.89. The van der Waals surface area contributed by atoms with Crippen LogP contribution in [0.3, 0.4) is 0 Å². The first kappa shape index (κ1) is 9.81. The van der Waals surface area contributed by atoms with E-state index in [0.717, 1.165) is 16.8 Å². The van der Waals surface area contributed by atoms with E-state index in [4.69, 9.17) is 11.6 Å². The third kappa shape index (κ3) is 2.92. The molecule has 0 spiro atoms. The average molecular weight is 345 g/mol.